The summed E-state index contributed by atoms with van der Waals surface area (Å²) >= 11 is 0. The Morgan fingerprint density at radius 1 is 1.13 bits per heavy atom. The van der Waals surface area contributed by atoms with E-state index in [0.29, 0.717) is 35.8 Å². The van der Waals surface area contributed by atoms with Crippen molar-refractivity contribution in [3.05, 3.63) is 42.4 Å². The maximum Gasteiger partial charge on any atom is 0.221 e. The van der Waals surface area contributed by atoms with E-state index in [1.807, 2.05) is 41.3 Å². The van der Waals surface area contributed by atoms with E-state index in [2.05, 4.69) is 39.2 Å². The Bertz CT molecular complexity index is 1180. The van der Waals surface area contributed by atoms with E-state index < -0.39 is 0 Å². The summed E-state index contributed by atoms with van der Waals surface area (Å²) < 4.78 is 14.3. The molecule has 4 aromatic rings. The van der Waals surface area contributed by atoms with Gasteiger partial charge in [-0.1, -0.05) is 17.3 Å². The molecule has 0 unspecified atom stereocenters. The minimum Gasteiger partial charge on any atom is -0.494 e. The molecule has 0 aliphatic rings. The number of nitrogen functional groups attached to an aromatic ring is 1. The molecule has 0 saturated heterocycles. The van der Waals surface area contributed by atoms with Crippen LogP contribution in [-0.4, -0.2) is 55.6 Å². The predicted octanol–water partition coefficient (Wildman–Crippen LogP) is 2.11. The highest BCUT2D eigenvalue weighted by atomic mass is 16.5. The van der Waals surface area contributed by atoms with Crippen LogP contribution >= 0.6 is 0 Å². The van der Waals surface area contributed by atoms with Crippen LogP contribution in [0.2, 0.25) is 0 Å². The number of anilines is 1. The summed E-state index contributed by atoms with van der Waals surface area (Å²) in [5.74, 6) is 0.773. The summed E-state index contributed by atoms with van der Waals surface area (Å²) in [6.07, 6.45) is 3.76. The largest absolute Gasteiger partial charge is 0.494 e. The van der Waals surface area contributed by atoms with Crippen molar-refractivity contribution in [2.75, 3.05) is 26.6 Å². The van der Waals surface area contributed by atoms with Gasteiger partial charge in [-0.2, -0.15) is 5.10 Å². The number of aromatic nitrogens is 7. The van der Waals surface area contributed by atoms with Crippen LogP contribution < -0.4 is 10.5 Å². The van der Waals surface area contributed by atoms with E-state index in [1.165, 1.54) is 0 Å². The van der Waals surface area contributed by atoms with Crippen molar-refractivity contribution < 1.29 is 9.47 Å². The maximum absolute atomic E-state index is 5.93. The minimum absolute atomic E-state index is 0.149. The van der Waals surface area contributed by atoms with Crippen LogP contribution in [0.1, 0.15) is 19.5 Å². The number of hydrogen-bond donors (Lipinski definition) is 1. The molecule has 0 spiro atoms. The van der Waals surface area contributed by atoms with Crippen LogP contribution in [0.3, 0.4) is 0 Å². The molecule has 156 valence electrons. The summed E-state index contributed by atoms with van der Waals surface area (Å²) in [5, 5.41) is 14.0. The molecule has 3 aromatic heterocycles. The number of nitrogens with zero attached hydrogens (tertiary/aromatic N) is 7. The third-order valence-electron chi connectivity index (χ3n) is 4.79. The quantitative estimate of drug-likeness (QED) is 0.494. The minimum atomic E-state index is -0.239. The van der Waals surface area contributed by atoms with Crippen LogP contribution in [0.25, 0.3) is 22.3 Å². The summed E-state index contributed by atoms with van der Waals surface area (Å²) in [5.41, 5.74) is 8.39. The van der Waals surface area contributed by atoms with Gasteiger partial charge < -0.3 is 15.2 Å². The molecule has 0 amide bonds. The molecule has 0 fully saturated rings. The van der Waals surface area contributed by atoms with E-state index in [0.717, 1.165) is 11.1 Å². The van der Waals surface area contributed by atoms with Crippen LogP contribution in [0, 0.1) is 0 Å². The van der Waals surface area contributed by atoms with E-state index in [-0.39, 0.29) is 11.5 Å². The van der Waals surface area contributed by atoms with Gasteiger partial charge >= 0.3 is 0 Å². The molecule has 0 bridgehead atoms. The summed E-state index contributed by atoms with van der Waals surface area (Å²) in [7, 11) is 3.28. The molecule has 0 radical (unpaired) electrons. The Kier molecular flexibility index (Phi) is 5.08. The lowest BCUT2D eigenvalue weighted by molar-refractivity contribution is 0.101. The van der Waals surface area contributed by atoms with Gasteiger partial charge in [0.25, 0.3) is 0 Å². The topological polar surface area (TPSA) is 119 Å². The first-order chi connectivity index (χ1) is 14.4. The lowest BCUT2D eigenvalue weighted by Gasteiger charge is -2.24. The molecule has 3 heterocycles. The van der Waals surface area contributed by atoms with Gasteiger partial charge in [0.2, 0.25) is 5.95 Å². The molecule has 10 nitrogen and oxygen atoms in total. The molecule has 0 aliphatic carbocycles. The van der Waals surface area contributed by atoms with E-state index >= 15 is 0 Å². The standard InChI is InChI=1S/C20H24N8O2/c1-20(2,12-29-3)28-9-8-13(25-28)10-27-11-15(24-26-27)17-14-6-5-7-16(30-4)18(14)23-19(21)22-17/h5-9,11H,10,12H2,1-4H3,(H2,21,22,23). The number of benzene rings is 1. The molecule has 0 aliphatic heterocycles. The first kappa shape index (κ1) is 19.8. The lowest BCUT2D eigenvalue weighted by Crippen LogP contribution is -2.32. The summed E-state index contributed by atoms with van der Waals surface area (Å²) in [4.78, 5) is 8.70. The van der Waals surface area contributed by atoms with Gasteiger partial charge in [-0.05, 0) is 26.0 Å². The van der Waals surface area contributed by atoms with Gasteiger partial charge in [0.15, 0.2) is 0 Å². The Balaban J connectivity index is 1.64. The second-order valence-electron chi connectivity index (χ2n) is 7.59. The molecular formula is C20H24N8O2. The molecule has 10 heteroatoms. The molecule has 30 heavy (non-hydrogen) atoms. The average Bonchev–Trinajstić information content (AvgIpc) is 3.37. The molecule has 4 rings (SSSR count). The second-order valence-corrected chi connectivity index (χ2v) is 7.59. The lowest BCUT2D eigenvalue weighted by atomic mass is 10.1. The van der Waals surface area contributed by atoms with Crippen molar-refractivity contribution in [2.24, 2.45) is 0 Å². The molecule has 1 aromatic carbocycles. The van der Waals surface area contributed by atoms with Crippen molar-refractivity contribution >= 4 is 16.9 Å². The third kappa shape index (κ3) is 3.69. The highest BCUT2D eigenvalue weighted by molar-refractivity contribution is 5.95. The fraction of sp³-hybridized carbons (Fsp3) is 0.350. The monoisotopic (exact) mass is 408 g/mol. The number of nitrogens with two attached hydrogens (primary N) is 1. The van der Waals surface area contributed by atoms with Crippen LogP contribution in [-0.2, 0) is 16.8 Å². The summed E-state index contributed by atoms with van der Waals surface area (Å²) in [6.45, 7) is 5.18. The van der Waals surface area contributed by atoms with Crippen molar-refractivity contribution in [1.82, 2.24) is 34.7 Å². The fourth-order valence-corrected chi connectivity index (χ4v) is 3.36. The maximum atomic E-state index is 5.93. The van der Waals surface area contributed by atoms with E-state index in [4.69, 9.17) is 15.2 Å². The van der Waals surface area contributed by atoms with Crippen molar-refractivity contribution in [3.8, 4) is 17.1 Å². The third-order valence-corrected chi connectivity index (χ3v) is 4.79. The Morgan fingerprint density at radius 3 is 2.73 bits per heavy atom. The zero-order valence-electron chi connectivity index (χ0n) is 17.4. The number of para-hydroxylation sites is 1. The number of methoxy groups -OCH3 is 2. The number of fused-ring (bicyclic) bond motifs is 1. The van der Waals surface area contributed by atoms with Crippen LogP contribution in [0.4, 0.5) is 5.95 Å². The Morgan fingerprint density at radius 2 is 1.97 bits per heavy atom. The van der Waals surface area contributed by atoms with E-state index in [1.54, 1.807) is 18.9 Å². The highest BCUT2D eigenvalue weighted by Gasteiger charge is 2.21. The zero-order chi connectivity index (χ0) is 21.3. The normalized spacial score (nSPS) is 11.9. The number of ether oxygens (including phenoxy) is 2. The van der Waals surface area contributed by atoms with Gasteiger partial charge in [-0.3, -0.25) is 4.68 Å². The van der Waals surface area contributed by atoms with Gasteiger partial charge in [-0.25, -0.2) is 14.6 Å². The van der Waals surface area contributed by atoms with E-state index in [9.17, 15) is 0 Å². The first-order valence-electron chi connectivity index (χ1n) is 9.46. The van der Waals surface area contributed by atoms with Crippen molar-refractivity contribution in [1.29, 1.82) is 0 Å². The molecular weight excluding hydrogens is 384 g/mol. The van der Waals surface area contributed by atoms with Crippen molar-refractivity contribution in [3.63, 3.8) is 0 Å². The average molecular weight is 408 g/mol. The summed E-state index contributed by atoms with van der Waals surface area (Å²) in [6, 6.07) is 7.58. The zero-order valence-corrected chi connectivity index (χ0v) is 17.4. The molecule has 2 N–H and O–H groups in total. The molecule has 0 atom stereocenters. The van der Waals surface area contributed by atoms with Crippen LogP contribution in [0.5, 0.6) is 5.75 Å². The van der Waals surface area contributed by atoms with Gasteiger partial charge in [0, 0.05) is 18.7 Å². The SMILES string of the molecule is COCC(C)(C)n1ccc(Cn2cc(-c3nc(N)nc4c(OC)cccc34)nn2)n1. The highest BCUT2D eigenvalue weighted by Crippen LogP contribution is 2.30. The smallest absolute Gasteiger partial charge is 0.221 e. The van der Waals surface area contributed by atoms with Crippen molar-refractivity contribution in [2.45, 2.75) is 25.9 Å². The fourth-order valence-electron chi connectivity index (χ4n) is 3.36. The number of hydrogen-bond acceptors (Lipinski definition) is 8. The van der Waals surface area contributed by atoms with Crippen LogP contribution in [0.15, 0.2) is 36.7 Å². The number of rotatable bonds is 7. The Labute approximate surface area is 173 Å². The Hall–Kier alpha value is -3.53. The first-order valence-corrected chi connectivity index (χ1v) is 9.46. The van der Waals surface area contributed by atoms with Gasteiger partial charge in [-0.15, -0.1) is 5.10 Å². The van der Waals surface area contributed by atoms with Gasteiger partial charge in [0.05, 0.1) is 37.7 Å². The predicted molar refractivity (Wildman–Crippen MR) is 112 cm³/mol. The second kappa shape index (κ2) is 7.71. The molecule has 0 saturated carbocycles. The van der Waals surface area contributed by atoms with Gasteiger partial charge in [0.1, 0.15) is 22.7 Å².